The molecule has 0 aliphatic rings. The minimum Gasteiger partial charge on any atom is -0.313 e. The zero-order valence-corrected chi connectivity index (χ0v) is 14.4. The highest BCUT2D eigenvalue weighted by Gasteiger charge is 2.09. The Bertz CT molecular complexity index is 362. The second-order valence-corrected chi connectivity index (χ2v) is 7.20. The fourth-order valence-corrected chi connectivity index (χ4v) is 3.39. The predicted octanol–water partition coefficient (Wildman–Crippen LogP) is 5.28. The Labute approximate surface area is 129 Å². The van der Waals surface area contributed by atoms with Gasteiger partial charge in [0.05, 0.1) is 0 Å². The van der Waals surface area contributed by atoms with Crippen molar-refractivity contribution < 1.29 is 0 Å². The fraction of sp³-hybridized carbons (Fsp3) is 0.667. The second-order valence-electron chi connectivity index (χ2n) is 6.10. The average molecular weight is 294 g/mol. The third kappa shape index (κ3) is 7.96. The van der Waals surface area contributed by atoms with Crippen LogP contribution in [-0.2, 0) is 0 Å². The number of benzene rings is 1. The smallest absolute Gasteiger partial charge is 0.0161 e. The summed E-state index contributed by atoms with van der Waals surface area (Å²) in [4.78, 5) is 1.40. The lowest BCUT2D eigenvalue weighted by molar-refractivity contribution is 0.462. The Kier molecular flexibility index (Phi) is 9.04. The van der Waals surface area contributed by atoms with Crippen molar-refractivity contribution >= 4 is 11.8 Å². The van der Waals surface area contributed by atoms with Gasteiger partial charge in [0.1, 0.15) is 0 Å². The van der Waals surface area contributed by atoms with Crippen LogP contribution in [0.4, 0.5) is 0 Å². The molecule has 1 N–H and O–H groups in total. The maximum absolute atomic E-state index is 3.71. The van der Waals surface area contributed by atoms with E-state index in [4.69, 9.17) is 0 Å². The van der Waals surface area contributed by atoms with Crippen LogP contribution in [0.1, 0.15) is 52.0 Å². The van der Waals surface area contributed by atoms with E-state index in [-0.39, 0.29) is 0 Å². The minimum atomic E-state index is 0.652. The molecule has 1 aromatic rings. The van der Waals surface area contributed by atoms with E-state index >= 15 is 0 Å². The standard InChI is InChI=1S/C18H31NS/c1-5-12-19-17(10-6-8-15(2)3)14-20-18-11-7-9-16(4)13-18/h7,9,11,13,15,17,19H,5-6,8,10,12,14H2,1-4H3. The van der Waals surface area contributed by atoms with Crippen molar-refractivity contribution in [1.82, 2.24) is 5.32 Å². The van der Waals surface area contributed by atoms with Crippen LogP contribution in [0.2, 0.25) is 0 Å². The SMILES string of the molecule is CCCNC(CCCC(C)C)CSc1cccc(C)c1. The largest absolute Gasteiger partial charge is 0.313 e. The normalized spacial score (nSPS) is 12.8. The average Bonchev–Trinajstić information content (AvgIpc) is 2.41. The second kappa shape index (κ2) is 10.3. The molecular formula is C18H31NS. The molecule has 0 spiro atoms. The maximum Gasteiger partial charge on any atom is 0.0161 e. The van der Waals surface area contributed by atoms with Crippen molar-refractivity contribution in [3.05, 3.63) is 29.8 Å². The number of hydrogen-bond acceptors (Lipinski definition) is 2. The van der Waals surface area contributed by atoms with Gasteiger partial charge in [-0.05, 0) is 44.4 Å². The van der Waals surface area contributed by atoms with E-state index in [0.717, 1.165) is 12.5 Å². The Morgan fingerprint density at radius 1 is 1.20 bits per heavy atom. The van der Waals surface area contributed by atoms with E-state index in [1.807, 2.05) is 11.8 Å². The molecule has 0 aliphatic heterocycles. The van der Waals surface area contributed by atoms with E-state index in [1.54, 1.807) is 0 Å². The summed E-state index contributed by atoms with van der Waals surface area (Å²) in [5.74, 6) is 2.01. The molecule has 2 heteroatoms. The minimum absolute atomic E-state index is 0.652. The molecule has 0 aliphatic carbocycles. The van der Waals surface area contributed by atoms with Gasteiger partial charge in [0.25, 0.3) is 0 Å². The van der Waals surface area contributed by atoms with Crippen molar-refractivity contribution in [1.29, 1.82) is 0 Å². The number of hydrogen-bond donors (Lipinski definition) is 1. The highest BCUT2D eigenvalue weighted by atomic mass is 32.2. The summed E-state index contributed by atoms with van der Waals surface area (Å²) in [5, 5.41) is 3.71. The van der Waals surface area contributed by atoms with Gasteiger partial charge in [-0.2, -0.15) is 0 Å². The number of aryl methyl sites for hydroxylation is 1. The lowest BCUT2D eigenvalue weighted by Gasteiger charge is -2.19. The van der Waals surface area contributed by atoms with Gasteiger partial charge in [0, 0.05) is 16.7 Å². The third-order valence-electron chi connectivity index (χ3n) is 3.46. The lowest BCUT2D eigenvalue weighted by atomic mass is 10.0. The highest BCUT2D eigenvalue weighted by molar-refractivity contribution is 7.99. The third-order valence-corrected chi connectivity index (χ3v) is 4.61. The molecule has 0 saturated heterocycles. The van der Waals surface area contributed by atoms with Crippen molar-refractivity contribution in [2.24, 2.45) is 5.92 Å². The first-order valence-electron chi connectivity index (χ1n) is 8.04. The Morgan fingerprint density at radius 3 is 2.65 bits per heavy atom. The van der Waals surface area contributed by atoms with Crippen molar-refractivity contribution in [2.45, 2.75) is 64.3 Å². The van der Waals surface area contributed by atoms with E-state index in [0.29, 0.717) is 6.04 Å². The molecule has 0 bridgehead atoms. The molecule has 114 valence electrons. The molecule has 1 nitrogen and oxygen atoms in total. The van der Waals surface area contributed by atoms with Crippen molar-refractivity contribution in [3.8, 4) is 0 Å². The summed E-state index contributed by atoms with van der Waals surface area (Å²) < 4.78 is 0. The number of nitrogens with one attached hydrogen (secondary N) is 1. The molecule has 0 saturated carbocycles. The van der Waals surface area contributed by atoms with Gasteiger partial charge in [-0.25, -0.2) is 0 Å². The van der Waals surface area contributed by atoms with Gasteiger partial charge in [-0.1, -0.05) is 51.3 Å². The van der Waals surface area contributed by atoms with Gasteiger partial charge < -0.3 is 5.32 Å². The summed E-state index contributed by atoms with van der Waals surface area (Å²) in [6.07, 6.45) is 5.21. The van der Waals surface area contributed by atoms with Gasteiger partial charge in [0.15, 0.2) is 0 Å². The van der Waals surface area contributed by atoms with Crippen LogP contribution in [0.15, 0.2) is 29.2 Å². The first-order valence-corrected chi connectivity index (χ1v) is 9.03. The van der Waals surface area contributed by atoms with Gasteiger partial charge >= 0.3 is 0 Å². The van der Waals surface area contributed by atoms with Crippen molar-refractivity contribution in [3.63, 3.8) is 0 Å². The number of thioether (sulfide) groups is 1. The Balaban J connectivity index is 2.38. The fourth-order valence-electron chi connectivity index (χ4n) is 2.27. The quantitative estimate of drug-likeness (QED) is 0.589. The summed E-state index contributed by atoms with van der Waals surface area (Å²) in [6, 6.07) is 9.49. The van der Waals surface area contributed by atoms with Crippen LogP contribution < -0.4 is 5.32 Å². The zero-order chi connectivity index (χ0) is 14.8. The van der Waals surface area contributed by atoms with Gasteiger partial charge in [-0.15, -0.1) is 11.8 Å². The maximum atomic E-state index is 3.71. The summed E-state index contributed by atoms with van der Waals surface area (Å²) in [5.41, 5.74) is 1.35. The van der Waals surface area contributed by atoms with Gasteiger partial charge in [0.2, 0.25) is 0 Å². The monoisotopic (exact) mass is 293 g/mol. The van der Waals surface area contributed by atoms with Crippen LogP contribution in [-0.4, -0.2) is 18.3 Å². The first kappa shape index (κ1) is 17.6. The molecule has 1 aromatic carbocycles. The Hall–Kier alpha value is -0.470. The molecule has 1 atom stereocenters. The highest BCUT2D eigenvalue weighted by Crippen LogP contribution is 2.21. The topological polar surface area (TPSA) is 12.0 Å². The van der Waals surface area contributed by atoms with Crippen LogP contribution in [0.25, 0.3) is 0 Å². The van der Waals surface area contributed by atoms with E-state index in [2.05, 4.69) is 57.3 Å². The van der Waals surface area contributed by atoms with Crippen LogP contribution in [0.3, 0.4) is 0 Å². The van der Waals surface area contributed by atoms with Gasteiger partial charge in [-0.3, -0.25) is 0 Å². The summed E-state index contributed by atoms with van der Waals surface area (Å²) >= 11 is 1.99. The van der Waals surface area contributed by atoms with E-state index in [9.17, 15) is 0 Å². The van der Waals surface area contributed by atoms with Crippen LogP contribution in [0, 0.1) is 12.8 Å². The van der Waals surface area contributed by atoms with E-state index < -0.39 is 0 Å². The van der Waals surface area contributed by atoms with E-state index in [1.165, 1.54) is 41.9 Å². The van der Waals surface area contributed by atoms with Crippen molar-refractivity contribution in [2.75, 3.05) is 12.3 Å². The summed E-state index contributed by atoms with van der Waals surface area (Å²) in [7, 11) is 0. The molecule has 0 aromatic heterocycles. The van der Waals surface area contributed by atoms with Crippen LogP contribution >= 0.6 is 11.8 Å². The molecular weight excluding hydrogens is 262 g/mol. The predicted molar refractivity (Wildman–Crippen MR) is 92.7 cm³/mol. The Morgan fingerprint density at radius 2 is 2.00 bits per heavy atom. The molecule has 20 heavy (non-hydrogen) atoms. The molecule has 1 unspecified atom stereocenters. The van der Waals surface area contributed by atoms with Crippen LogP contribution in [0.5, 0.6) is 0 Å². The molecule has 1 rings (SSSR count). The number of rotatable bonds is 10. The molecule has 0 fully saturated rings. The zero-order valence-electron chi connectivity index (χ0n) is 13.6. The summed E-state index contributed by atoms with van der Waals surface area (Å²) in [6.45, 7) is 10.2. The molecule has 0 radical (unpaired) electrons. The molecule has 0 heterocycles. The molecule has 0 amide bonds. The lowest BCUT2D eigenvalue weighted by Crippen LogP contribution is -2.32. The first-order chi connectivity index (χ1) is 9.61.